The number of anilines is 1. The molecule has 1 unspecified atom stereocenters. The van der Waals surface area contributed by atoms with E-state index >= 15 is 0 Å². The summed E-state index contributed by atoms with van der Waals surface area (Å²) in [7, 11) is 0. The molecule has 1 aliphatic heterocycles. The second-order valence-electron chi connectivity index (χ2n) is 4.63. The van der Waals surface area contributed by atoms with E-state index in [1.54, 1.807) is 12.1 Å². The summed E-state index contributed by atoms with van der Waals surface area (Å²) < 4.78 is 13.8. The normalized spacial score (nSPS) is 18.4. The van der Waals surface area contributed by atoms with Gasteiger partial charge in [0.2, 0.25) is 5.91 Å². The molecule has 0 radical (unpaired) electrons. The highest BCUT2D eigenvalue weighted by Gasteiger charge is 2.26. The van der Waals surface area contributed by atoms with Gasteiger partial charge < -0.3 is 16.0 Å². The van der Waals surface area contributed by atoms with Gasteiger partial charge in [-0.2, -0.15) is 0 Å². The number of amides is 1. The van der Waals surface area contributed by atoms with Crippen LogP contribution in [0.3, 0.4) is 0 Å². The molecule has 1 amide bonds. The van der Waals surface area contributed by atoms with Gasteiger partial charge in [0, 0.05) is 31.7 Å². The molecule has 1 aromatic rings. The Kier molecular flexibility index (Phi) is 3.99. The first-order valence-electron chi connectivity index (χ1n) is 6.09. The zero-order valence-corrected chi connectivity index (χ0v) is 11.5. The number of thiocarbonyl (C=S) groups is 1. The Labute approximate surface area is 116 Å². The van der Waals surface area contributed by atoms with Crippen LogP contribution in [-0.2, 0) is 4.79 Å². The first-order valence-corrected chi connectivity index (χ1v) is 6.50. The fourth-order valence-electron chi connectivity index (χ4n) is 2.40. The van der Waals surface area contributed by atoms with Crippen LogP contribution in [0.1, 0.15) is 18.9 Å². The van der Waals surface area contributed by atoms with Crippen molar-refractivity contribution in [2.24, 2.45) is 5.73 Å². The first kappa shape index (κ1) is 13.7. The Morgan fingerprint density at radius 3 is 2.95 bits per heavy atom. The Morgan fingerprint density at radius 2 is 2.32 bits per heavy atom. The Balaban J connectivity index is 2.22. The molecule has 0 saturated carbocycles. The van der Waals surface area contributed by atoms with Crippen LogP contribution in [0.25, 0.3) is 0 Å². The highest BCUT2D eigenvalue weighted by Crippen LogP contribution is 2.26. The van der Waals surface area contributed by atoms with Crippen LogP contribution >= 0.6 is 12.2 Å². The van der Waals surface area contributed by atoms with Crippen LogP contribution in [-0.4, -0.2) is 30.0 Å². The minimum absolute atomic E-state index is 0.0519. The third-order valence-electron chi connectivity index (χ3n) is 3.17. The van der Waals surface area contributed by atoms with Gasteiger partial charge in [-0.25, -0.2) is 4.39 Å². The second kappa shape index (κ2) is 5.52. The van der Waals surface area contributed by atoms with Gasteiger partial charge in [0.1, 0.15) is 10.8 Å². The van der Waals surface area contributed by atoms with Crippen LogP contribution in [0.4, 0.5) is 10.1 Å². The summed E-state index contributed by atoms with van der Waals surface area (Å²) >= 11 is 4.91. The van der Waals surface area contributed by atoms with Crippen molar-refractivity contribution in [1.29, 1.82) is 0 Å². The lowest BCUT2D eigenvalue weighted by Crippen LogP contribution is -2.36. The standard InChI is InChI=1S/C13H16FN3OS/c1-8(18)16-9-5-6-17(7-9)11-4-2-3-10(14)12(11)13(15)19/h2-4,9H,5-7H2,1H3,(H2,15,19)(H,16,18). The quantitative estimate of drug-likeness (QED) is 0.817. The predicted octanol–water partition coefficient (Wildman–Crippen LogP) is 1.17. The van der Waals surface area contributed by atoms with E-state index < -0.39 is 5.82 Å². The molecule has 0 spiro atoms. The molecule has 1 aliphatic rings. The number of nitrogens with one attached hydrogen (secondary N) is 1. The highest BCUT2D eigenvalue weighted by atomic mass is 32.1. The maximum Gasteiger partial charge on any atom is 0.217 e. The molecule has 19 heavy (non-hydrogen) atoms. The number of hydrogen-bond donors (Lipinski definition) is 2. The summed E-state index contributed by atoms with van der Waals surface area (Å²) in [4.78, 5) is 13.1. The van der Waals surface area contributed by atoms with Gasteiger partial charge in [-0.15, -0.1) is 0 Å². The zero-order valence-electron chi connectivity index (χ0n) is 10.6. The van der Waals surface area contributed by atoms with Crippen molar-refractivity contribution in [3.8, 4) is 0 Å². The van der Waals surface area contributed by atoms with E-state index in [-0.39, 0.29) is 22.5 Å². The number of hydrogen-bond acceptors (Lipinski definition) is 3. The summed E-state index contributed by atoms with van der Waals surface area (Å²) in [5.74, 6) is -0.464. The molecule has 3 N–H and O–H groups in total. The first-order chi connectivity index (χ1) is 8.99. The molecule has 0 aromatic heterocycles. The number of carbonyl (C=O) groups excluding carboxylic acids is 1. The molecule has 0 bridgehead atoms. The van der Waals surface area contributed by atoms with Gasteiger partial charge in [-0.05, 0) is 18.6 Å². The average Bonchev–Trinajstić information content (AvgIpc) is 2.75. The molecule has 1 saturated heterocycles. The summed E-state index contributed by atoms with van der Waals surface area (Å²) in [6.07, 6.45) is 0.826. The van der Waals surface area contributed by atoms with Gasteiger partial charge >= 0.3 is 0 Å². The van der Waals surface area contributed by atoms with E-state index in [1.807, 2.05) is 4.90 Å². The summed E-state index contributed by atoms with van der Waals surface area (Å²) in [5.41, 5.74) is 6.57. The van der Waals surface area contributed by atoms with Crippen molar-refractivity contribution in [1.82, 2.24) is 5.32 Å². The maximum atomic E-state index is 13.8. The summed E-state index contributed by atoms with van der Waals surface area (Å²) in [6.45, 7) is 2.87. The molecule has 2 rings (SSSR count). The minimum atomic E-state index is -0.409. The van der Waals surface area contributed by atoms with Crippen molar-refractivity contribution in [2.75, 3.05) is 18.0 Å². The molecule has 1 fully saturated rings. The zero-order chi connectivity index (χ0) is 14.0. The number of halogens is 1. The number of rotatable bonds is 3. The second-order valence-corrected chi connectivity index (χ2v) is 5.07. The van der Waals surface area contributed by atoms with E-state index in [0.29, 0.717) is 12.2 Å². The van der Waals surface area contributed by atoms with Gasteiger partial charge in [0.15, 0.2) is 0 Å². The Bertz CT molecular complexity index is 521. The topological polar surface area (TPSA) is 58.4 Å². The van der Waals surface area contributed by atoms with Crippen molar-refractivity contribution in [2.45, 2.75) is 19.4 Å². The molecule has 1 heterocycles. The predicted molar refractivity (Wildman–Crippen MR) is 76.7 cm³/mol. The third kappa shape index (κ3) is 3.01. The fourth-order valence-corrected chi connectivity index (χ4v) is 2.61. The van der Waals surface area contributed by atoms with E-state index in [2.05, 4.69) is 5.32 Å². The lowest BCUT2D eigenvalue weighted by atomic mass is 10.1. The minimum Gasteiger partial charge on any atom is -0.389 e. The van der Waals surface area contributed by atoms with Crippen LogP contribution in [0.2, 0.25) is 0 Å². The number of nitrogens with two attached hydrogens (primary N) is 1. The fraction of sp³-hybridized carbons (Fsp3) is 0.385. The molecular weight excluding hydrogens is 265 g/mol. The molecule has 1 atom stereocenters. The smallest absolute Gasteiger partial charge is 0.217 e. The number of benzene rings is 1. The SMILES string of the molecule is CC(=O)NC1CCN(c2cccc(F)c2C(N)=S)C1. The molecule has 102 valence electrons. The van der Waals surface area contributed by atoms with E-state index in [9.17, 15) is 9.18 Å². The van der Waals surface area contributed by atoms with Crippen molar-refractivity contribution in [3.63, 3.8) is 0 Å². The van der Waals surface area contributed by atoms with Crippen molar-refractivity contribution in [3.05, 3.63) is 29.6 Å². The van der Waals surface area contributed by atoms with E-state index in [1.165, 1.54) is 13.0 Å². The third-order valence-corrected chi connectivity index (χ3v) is 3.38. The number of carbonyl (C=O) groups is 1. The Hall–Kier alpha value is -1.69. The van der Waals surface area contributed by atoms with E-state index in [4.69, 9.17) is 18.0 Å². The van der Waals surface area contributed by atoms with Crippen LogP contribution in [0.5, 0.6) is 0 Å². The summed E-state index contributed by atoms with van der Waals surface area (Å²) in [5, 5.41) is 2.87. The van der Waals surface area contributed by atoms with Crippen molar-refractivity contribution >= 4 is 28.8 Å². The molecule has 6 heteroatoms. The lowest BCUT2D eigenvalue weighted by Gasteiger charge is -2.22. The van der Waals surface area contributed by atoms with Gasteiger partial charge in [0.05, 0.1) is 5.56 Å². The van der Waals surface area contributed by atoms with Gasteiger partial charge in [-0.1, -0.05) is 18.3 Å². The molecule has 1 aromatic carbocycles. The van der Waals surface area contributed by atoms with E-state index in [0.717, 1.165) is 13.0 Å². The van der Waals surface area contributed by atoms with Crippen LogP contribution < -0.4 is 16.0 Å². The van der Waals surface area contributed by atoms with Crippen LogP contribution in [0, 0.1) is 5.82 Å². The van der Waals surface area contributed by atoms with Gasteiger partial charge in [0.25, 0.3) is 0 Å². The maximum absolute atomic E-state index is 13.8. The monoisotopic (exact) mass is 281 g/mol. The molecule has 4 nitrogen and oxygen atoms in total. The average molecular weight is 281 g/mol. The molecule has 0 aliphatic carbocycles. The Morgan fingerprint density at radius 1 is 1.58 bits per heavy atom. The number of nitrogens with zero attached hydrogens (tertiary/aromatic N) is 1. The summed E-state index contributed by atoms with van der Waals surface area (Å²) in [6, 6.07) is 4.87. The molecular formula is C13H16FN3OS. The van der Waals surface area contributed by atoms with Gasteiger partial charge in [-0.3, -0.25) is 4.79 Å². The lowest BCUT2D eigenvalue weighted by molar-refractivity contribution is -0.119. The highest BCUT2D eigenvalue weighted by molar-refractivity contribution is 7.80. The van der Waals surface area contributed by atoms with Crippen LogP contribution in [0.15, 0.2) is 18.2 Å². The largest absolute Gasteiger partial charge is 0.389 e. The van der Waals surface area contributed by atoms with Crippen molar-refractivity contribution < 1.29 is 9.18 Å².